The number of ether oxygens (including phenoxy) is 2. The van der Waals surface area contributed by atoms with E-state index in [4.69, 9.17) is 10.5 Å². The van der Waals surface area contributed by atoms with Crippen LogP contribution in [0.5, 0.6) is 5.75 Å². The summed E-state index contributed by atoms with van der Waals surface area (Å²) in [5.41, 5.74) is 4.56. The highest BCUT2D eigenvalue weighted by Crippen LogP contribution is 2.35. The molecule has 0 saturated carbocycles. The third kappa shape index (κ3) is 4.07. The molecule has 21 heavy (non-hydrogen) atoms. The van der Waals surface area contributed by atoms with Gasteiger partial charge in [-0.3, -0.25) is 0 Å². The van der Waals surface area contributed by atoms with E-state index in [1.165, 1.54) is 6.92 Å². The van der Waals surface area contributed by atoms with Gasteiger partial charge in [0.25, 0.3) is 0 Å². The van der Waals surface area contributed by atoms with Crippen LogP contribution in [0, 0.1) is 0 Å². The van der Waals surface area contributed by atoms with E-state index in [2.05, 4.69) is 4.74 Å². The van der Waals surface area contributed by atoms with Crippen LogP contribution in [-0.2, 0) is 15.7 Å². The Morgan fingerprint density at radius 2 is 2.00 bits per heavy atom. The van der Waals surface area contributed by atoms with Crippen molar-refractivity contribution in [2.75, 3.05) is 13.7 Å². The lowest BCUT2D eigenvalue weighted by atomic mass is 10.00. The lowest BCUT2D eigenvalue weighted by molar-refractivity contribution is -0.150. The second-order valence-corrected chi connectivity index (χ2v) is 4.13. The largest absolute Gasteiger partial charge is 0.496 e. The Hall–Kier alpha value is -1.83. The molecule has 1 aromatic rings. The van der Waals surface area contributed by atoms with Crippen LogP contribution in [0.25, 0.3) is 0 Å². The Balaban J connectivity index is 3.10. The van der Waals surface area contributed by atoms with Gasteiger partial charge in [-0.15, -0.1) is 0 Å². The summed E-state index contributed by atoms with van der Waals surface area (Å²) in [4.78, 5) is 11.3. The fourth-order valence-electron chi connectivity index (χ4n) is 1.69. The molecule has 8 heteroatoms. The number of carbonyl (C=O) groups excluding carboxylic acids is 1. The summed E-state index contributed by atoms with van der Waals surface area (Å²) < 4.78 is 60.9. The summed E-state index contributed by atoms with van der Waals surface area (Å²) in [7, 11) is 1.13. The minimum Gasteiger partial charge on any atom is -0.496 e. The van der Waals surface area contributed by atoms with Gasteiger partial charge in [0.15, 0.2) is 0 Å². The number of nitrogens with two attached hydrogens (primary N) is 1. The highest BCUT2D eigenvalue weighted by atomic mass is 19.4. The minimum atomic E-state index is -4.56. The first-order valence-electron chi connectivity index (χ1n) is 6.03. The van der Waals surface area contributed by atoms with Crippen molar-refractivity contribution < 1.29 is 31.8 Å². The molecular formula is C13H15F4NO3. The summed E-state index contributed by atoms with van der Waals surface area (Å²) in [5, 5.41) is 0. The van der Waals surface area contributed by atoms with Gasteiger partial charge in [-0.25, -0.2) is 9.18 Å². The summed E-state index contributed by atoms with van der Waals surface area (Å²) in [6.45, 7) is 1.46. The lowest BCUT2D eigenvalue weighted by Gasteiger charge is -2.19. The molecule has 0 heterocycles. The van der Waals surface area contributed by atoms with Crippen LogP contribution >= 0.6 is 0 Å². The van der Waals surface area contributed by atoms with Gasteiger partial charge in [0, 0.05) is 5.56 Å². The molecule has 1 unspecified atom stereocenters. The SMILES string of the molecule is CCOC(=O)C(F)[C@@H](N)c1ccc(C(F)(F)F)cc1OC. The normalized spacial score (nSPS) is 14.4. The molecule has 118 valence electrons. The molecule has 0 spiro atoms. The Kier molecular flexibility index (Phi) is 5.54. The molecule has 0 aromatic heterocycles. The molecule has 0 fully saturated rings. The van der Waals surface area contributed by atoms with Gasteiger partial charge in [-0.1, -0.05) is 6.07 Å². The fourth-order valence-corrected chi connectivity index (χ4v) is 1.69. The average Bonchev–Trinajstić information content (AvgIpc) is 2.44. The number of benzene rings is 1. The fraction of sp³-hybridized carbons (Fsp3) is 0.462. The maximum absolute atomic E-state index is 13.8. The van der Waals surface area contributed by atoms with Crippen molar-refractivity contribution in [1.29, 1.82) is 0 Å². The monoisotopic (exact) mass is 309 g/mol. The molecule has 0 saturated heterocycles. The van der Waals surface area contributed by atoms with E-state index in [0.717, 1.165) is 19.2 Å². The number of halogens is 4. The first-order chi connectivity index (χ1) is 9.72. The summed E-state index contributed by atoms with van der Waals surface area (Å²) in [6.07, 6.45) is -6.76. The maximum atomic E-state index is 13.8. The molecule has 1 aromatic carbocycles. The Bertz CT molecular complexity index is 505. The number of esters is 1. The number of rotatable bonds is 5. The second-order valence-electron chi connectivity index (χ2n) is 4.13. The zero-order valence-corrected chi connectivity index (χ0v) is 11.4. The van der Waals surface area contributed by atoms with Crippen LogP contribution in [0.15, 0.2) is 18.2 Å². The highest BCUT2D eigenvalue weighted by molar-refractivity contribution is 5.76. The van der Waals surface area contributed by atoms with Crippen molar-refractivity contribution in [3.05, 3.63) is 29.3 Å². The number of alkyl halides is 4. The summed E-state index contributed by atoms with van der Waals surface area (Å²) in [5.74, 6) is -1.42. The molecule has 2 atom stereocenters. The summed E-state index contributed by atoms with van der Waals surface area (Å²) in [6, 6.07) is 0.946. The molecule has 0 radical (unpaired) electrons. The van der Waals surface area contributed by atoms with E-state index in [9.17, 15) is 22.4 Å². The average molecular weight is 309 g/mol. The van der Waals surface area contributed by atoms with Gasteiger partial charge >= 0.3 is 12.1 Å². The number of methoxy groups -OCH3 is 1. The van der Waals surface area contributed by atoms with Crippen LogP contribution in [0.2, 0.25) is 0 Å². The predicted molar refractivity (Wildman–Crippen MR) is 66.5 cm³/mol. The maximum Gasteiger partial charge on any atom is 0.416 e. The van der Waals surface area contributed by atoms with Crippen molar-refractivity contribution in [2.45, 2.75) is 25.3 Å². The van der Waals surface area contributed by atoms with Crippen LogP contribution in [0.4, 0.5) is 17.6 Å². The van der Waals surface area contributed by atoms with Gasteiger partial charge in [-0.2, -0.15) is 13.2 Å². The zero-order chi connectivity index (χ0) is 16.2. The van der Waals surface area contributed by atoms with Gasteiger partial charge in [0.05, 0.1) is 25.3 Å². The van der Waals surface area contributed by atoms with E-state index in [0.29, 0.717) is 6.07 Å². The van der Waals surface area contributed by atoms with Gasteiger partial charge in [-0.05, 0) is 19.1 Å². The van der Waals surface area contributed by atoms with Gasteiger partial charge < -0.3 is 15.2 Å². The number of hydrogen-bond donors (Lipinski definition) is 1. The molecule has 1 rings (SSSR count). The first-order valence-corrected chi connectivity index (χ1v) is 6.03. The molecule has 0 aliphatic carbocycles. The van der Waals surface area contributed by atoms with E-state index < -0.39 is 29.9 Å². The Morgan fingerprint density at radius 3 is 2.48 bits per heavy atom. The third-order valence-corrected chi connectivity index (χ3v) is 2.75. The smallest absolute Gasteiger partial charge is 0.416 e. The molecule has 0 bridgehead atoms. The quantitative estimate of drug-likeness (QED) is 0.671. The predicted octanol–water partition coefficient (Wildman–Crippen LogP) is 2.62. The Morgan fingerprint density at radius 1 is 1.38 bits per heavy atom. The van der Waals surface area contributed by atoms with Crippen molar-refractivity contribution in [3.8, 4) is 5.75 Å². The van der Waals surface area contributed by atoms with Gasteiger partial charge in [0.2, 0.25) is 6.17 Å². The van der Waals surface area contributed by atoms with E-state index in [1.807, 2.05) is 0 Å². The van der Waals surface area contributed by atoms with Gasteiger partial charge in [0.1, 0.15) is 5.75 Å². The lowest BCUT2D eigenvalue weighted by Crippen LogP contribution is -2.31. The molecular weight excluding hydrogens is 294 g/mol. The van der Waals surface area contributed by atoms with Crippen LogP contribution in [0.3, 0.4) is 0 Å². The van der Waals surface area contributed by atoms with Crippen molar-refractivity contribution in [1.82, 2.24) is 0 Å². The van der Waals surface area contributed by atoms with Crippen LogP contribution in [-0.4, -0.2) is 25.9 Å². The first kappa shape index (κ1) is 17.2. The Labute approximate surface area is 118 Å². The molecule has 0 amide bonds. The van der Waals surface area contributed by atoms with E-state index in [-0.39, 0.29) is 17.9 Å². The minimum absolute atomic E-state index is 0.0316. The number of hydrogen-bond acceptors (Lipinski definition) is 4. The van der Waals surface area contributed by atoms with Crippen LogP contribution < -0.4 is 10.5 Å². The molecule has 0 aliphatic rings. The van der Waals surface area contributed by atoms with Crippen molar-refractivity contribution in [3.63, 3.8) is 0 Å². The van der Waals surface area contributed by atoms with Crippen molar-refractivity contribution in [2.24, 2.45) is 5.73 Å². The standard InChI is InChI=1S/C13H15F4NO3/c1-3-21-12(19)10(14)11(18)8-5-4-7(13(15,16)17)6-9(8)20-2/h4-6,10-11H,3,18H2,1-2H3/t10?,11-/m0/s1. The molecule has 0 aliphatic heterocycles. The topological polar surface area (TPSA) is 61.5 Å². The van der Waals surface area contributed by atoms with E-state index in [1.54, 1.807) is 0 Å². The third-order valence-electron chi connectivity index (χ3n) is 2.75. The summed E-state index contributed by atoms with van der Waals surface area (Å²) >= 11 is 0. The highest BCUT2D eigenvalue weighted by Gasteiger charge is 2.34. The van der Waals surface area contributed by atoms with Crippen LogP contribution in [0.1, 0.15) is 24.1 Å². The molecule has 4 nitrogen and oxygen atoms in total. The second kappa shape index (κ2) is 6.75. The van der Waals surface area contributed by atoms with E-state index >= 15 is 0 Å². The molecule has 2 N–H and O–H groups in total. The van der Waals surface area contributed by atoms with Crippen molar-refractivity contribution >= 4 is 5.97 Å². The number of carbonyl (C=O) groups is 1. The zero-order valence-electron chi connectivity index (χ0n) is 11.4.